The van der Waals surface area contributed by atoms with Gasteiger partial charge in [0.1, 0.15) is 0 Å². The molecule has 2 fully saturated rings. The molecule has 0 unspecified atom stereocenters. The van der Waals surface area contributed by atoms with Crippen molar-refractivity contribution in [3.8, 4) is 0 Å². The summed E-state index contributed by atoms with van der Waals surface area (Å²) in [5, 5.41) is 1.47. The first kappa shape index (κ1) is 20.1. The highest BCUT2D eigenvalue weighted by atomic mass is 35.5. The van der Waals surface area contributed by atoms with Crippen molar-refractivity contribution in [1.29, 1.82) is 0 Å². The number of rotatable bonds is 3. The quantitative estimate of drug-likeness (QED) is 0.763. The Labute approximate surface area is 175 Å². The minimum absolute atomic E-state index is 0.0443. The number of aryl methyl sites for hydroxylation is 1. The van der Waals surface area contributed by atoms with Crippen LogP contribution in [-0.2, 0) is 9.53 Å². The summed E-state index contributed by atoms with van der Waals surface area (Å²) in [4.78, 5) is 36.0. The van der Waals surface area contributed by atoms with Crippen LogP contribution < -0.4 is 0 Å². The summed E-state index contributed by atoms with van der Waals surface area (Å²) >= 11 is 6.08. The van der Waals surface area contributed by atoms with E-state index in [1.54, 1.807) is 11.0 Å². The molecule has 29 heavy (non-hydrogen) atoms. The molecule has 2 saturated heterocycles. The molecule has 1 aromatic carbocycles. The summed E-state index contributed by atoms with van der Waals surface area (Å²) in [6, 6.07) is 7.34. The van der Waals surface area contributed by atoms with Crippen molar-refractivity contribution in [2.75, 3.05) is 59.0 Å². The average molecular weight is 417 g/mol. The van der Waals surface area contributed by atoms with Crippen LogP contribution in [0.4, 0.5) is 0 Å². The van der Waals surface area contributed by atoms with E-state index in [0.717, 1.165) is 24.0 Å². The van der Waals surface area contributed by atoms with Gasteiger partial charge >= 0.3 is 0 Å². The van der Waals surface area contributed by atoms with Gasteiger partial charge in [-0.1, -0.05) is 11.6 Å². The molecule has 2 aliphatic rings. The number of nitrogens with zero attached hydrogens (tertiary/aromatic N) is 4. The lowest BCUT2D eigenvalue weighted by molar-refractivity contribution is -0.134. The molecule has 4 rings (SSSR count). The number of carbonyl (C=O) groups excluding carboxylic acids is 2. The minimum atomic E-state index is -0.0443. The molecule has 2 aliphatic heterocycles. The number of carbonyl (C=O) groups is 2. The molecule has 0 atom stereocenters. The monoisotopic (exact) mass is 416 g/mol. The van der Waals surface area contributed by atoms with Crippen LogP contribution >= 0.6 is 11.6 Å². The molecular weight excluding hydrogens is 392 g/mol. The van der Waals surface area contributed by atoms with Crippen molar-refractivity contribution < 1.29 is 14.3 Å². The first-order valence-corrected chi connectivity index (χ1v) is 10.3. The van der Waals surface area contributed by atoms with Crippen LogP contribution in [-0.4, -0.2) is 90.5 Å². The van der Waals surface area contributed by atoms with Crippen LogP contribution in [0.2, 0.25) is 5.02 Å². The van der Waals surface area contributed by atoms with Crippen LogP contribution in [0, 0.1) is 6.92 Å². The fourth-order valence-corrected chi connectivity index (χ4v) is 4.02. The Balaban J connectivity index is 1.39. The van der Waals surface area contributed by atoms with Crippen LogP contribution in [0.5, 0.6) is 0 Å². The van der Waals surface area contributed by atoms with Gasteiger partial charge in [-0.05, 0) is 31.2 Å². The number of benzene rings is 1. The van der Waals surface area contributed by atoms with Crippen molar-refractivity contribution >= 4 is 34.3 Å². The first-order chi connectivity index (χ1) is 14.0. The molecule has 7 nitrogen and oxygen atoms in total. The topological polar surface area (TPSA) is 66.0 Å². The van der Waals surface area contributed by atoms with Crippen molar-refractivity contribution in [1.82, 2.24) is 19.7 Å². The van der Waals surface area contributed by atoms with E-state index in [1.165, 1.54) is 0 Å². The molecule has 8 heteroatoms. The Hall–Kier alpha value is -2.22. The lowest BCUT2D eigenvalue weighted by atomic mass is 10.1. The maximum atomic E-state index is 13.1. The summed E-state index contributed by atoms with van der Waals surface area (Å²) in [6.45, 7) is 7.39. The summed E-state index contributed by atoms with van der Waals surface area (Å²) in [5.41, 5.74) is 2.12. The van der Waals surface area contributed by atoms with E-state index in [1.807, 2.05) is 30.0 Å². The Morgan fingerprint density at radius 1 is 1.03 bits per heavy atom. The van der Waals surface area contributed by atoms with E-state index in [4.69, 9.17) is 16.3 Å². The van der Waals surface area contributed by atoms with Gasteiger partial charge in [0.15, 0.2) is 0 Å². The fraction of sp³-hybridized carbons (Fsp3) is 0.476. The van der Waals surface area contributed by atoms with Crippen LogP contribution in [0.1, 0.15) is 16.1 Å². The van der Waals surface area contributed by atoms with E-state index in [9.17, 15) is 9.59 Å². The molecule has 0 saturated carbocycles. The normalized spacial score (nSPS) is 18.3. The van der Waals surface area contributed by atoms with Gasteiger partial charge in [-0.2, -0.15) is 0 Å². The van der Waals surface area contributed by atoms with Gasteiger partial charge in [-0.25, -0.2) is 0 Å². The van der Waals surface area contributed by atoms with Crippen LogP contribution in [0.3, 0.4) is 0 Å². The maximum Gasteiger partial charge on any atom is 0.255 e. The van der Waals surface area contributed by atoms with Gasteiger partial charge < -0.3 is 14.5 Å². The summed E-state index contributed by atoms with van der Waals surface area (Å²) in [6.07, 6.45) is 0. The Kier molecular flexibility index (Phi) is 5.99. The number of amides is 2. The molecule has 0 radical (unpaired) electrons. The number of halogens is 1. The first-order valence-electron chi connectivity index (χ1n) is 9.95. The van der Waals surface area contributed by atoms with E-state index < -0.39 is 0 Å². The second kappa shape index (κ2) is 8.65. The smallest absolute Gasteiger partial charge is 0.255 e. The minimum Gasteiger partial charge on any atom is -0.379 e. The number of morpholine rings is 1. The largest absolute Gasteiger partial charge is 0.379 e. The van der Waals surface area contributed by atoms with Gasteiger partial charge in [0.25, 0.3) is 5.91 Å². The lowest BCUT2D eigenvalue weighted by Crippen LogP contribution is -2.53. The number of piperazine rings is 1. The molecular formula is C21H25ClN4O3. The summed E-state index contributed by atoms with van der Waals surface area (Å²) < 4.78 is 5.33. The van der Waals surface area contributed by atoms with Gasteiger partial charge in [-0.15, -0.1) is 0 Å². The Morgan fingerprint density at radius 3 is 2.45 bits per heavy atom. The second-order valence-corrected chi connectivity index (χ2v) is 7.96. The second-order valence-electron chi connectivity index (χ2n) is 7.52. The third-order valence-electron chi connectivity index (χ3n) is 5.58. The molecule has 154 valence electrons. The molecule has 0 bridgehead atoms. The average Bonchev–Trinajstić information content (AvgIpc) is 2.74. The summed E-state index contributed by atoms with van der Waals surface area (Å²) in [5.74, 6) is 0.0781. The molecule has 3 heterocycles. The standard InChI is InChI=1S/C21H25ClN4O3/c1-15-18(13-16-12-17(22)2-3-19(16)23-15)21(28)26-6-4-25(5-7-26)20(27)14-24-8-10-29-11-9-24/h2-3,12-13H,4-11,14H2,1H3. The maximum absolute atomic E-state index is 13.1. The fourth-order valence-electron chi connectivity index (χ4n) is 3.84. The van der Waals surface area contributed by atoms with Crippen molar-refractivity contribution in [2.45, 2.75) is 6.92 Å². The number of hydrogen-bond acceptors (Lipinski definition) is 5. The Morgan fingerprint density at radius 2 is 1.72 bits per heavy atom. The van der Waals surface area contributed by atoms with E-state index in [0.29, 0.717) is 62.2 Å². The van der Waals surface area contributed by atoms with Gasteiger partial charge in [0.2, 0.25) is 5.91 Å². The number of fused-ring (bicyclic) bond motifs is 1. The van der Waals surface area contributed by atoms with Gasteiger partial charge in [0.05, 0.1) is 36.5 Å². The van der Waals surface area contributed by atoms with Crippen LogP contribution in [0.25, 0.3) is 10.9 Å². The lowest BCUT2D eigenvalue weighted by Gasteiger charge is -2.36. The number of hydrogen-bond donors (Lipinski definition) is 0. The zero-order valence-corrected chi connectivity index (χ0v) is 17.3. The molecule has 0 N–H and O–H groups in total. The highest BCUT2D eigenvalue weighted by Crippen LogP contribution is 2.22. The molecule has 2 amide bonds. The zero-order valence-electron chi connectivity index (χ0n) is 16.6. The highest BCUT2D eigenvalue weighted by Gasteiger charge is 2.27. The number of ether oxygens (including phenoxy) is 1. The summed E-state index contributed by atoms with van der Waals surface area (Å²) in [7, 11) is 0. The van der Waals surface area contributed by atoms with Gasteiger partial charge in [-0.3, -0.25) is 19.5 Å². The van der Waals surface area contributed by atoms with Gasteiger partial charge in [0, 0.05) is 49.7 Å². The van der Waals surface area contributed by atoms with E-state index in [-0.39, 0.29) is 11.8 Å². The SMILES string of the molecule is Cc1nc2ccc(Cl)cc2cc1C(=O)N1CCN(C(=O)CN2CCOCC2)CC1. The third-order valence-corrected chi connectivity index (χ3v) is 5.82. The predicted molar refractivity (Wildman–Crippen MR) is 111 cm³/mol. The molecule has 2 aromatic rings. The van der Waals surface area contributed by atoms with Crippen molar-refractivity contribution in [3.05, 3.63) is 40.5 Å². The number of aromatic nitrogens is 1. The third kappa shape index (κ3) is 4.52. The van der Waals surface area contributed by atoms with Crippen molar-refractivity contribution in [2.24, 2.45) is 0 Å². The molecule has 0 spiro atoms. The van der Waals surface area contributed by atoms with Crippen molar-refractivity contribution in [3.63, 3.8) is 0 Å². The Bertz CT molecular complexity index is 922. The molecule has 0 aliphatic carbocycles. The molecule has 1 aromatic heterocycles. The van der Waals surface area contributed by atoms with E-state index >= 15 is 0 Å². The number of pyridine rings is 1. The highest BCUT2D eigenvalue weighted by molar-refractivity contribution is 6.31. The predicted octanol–water partition coefficient (Wildman–Crippen LogP) is 1.81. The zero-order chi connectivity index (χ0) is 20.4. The van der Waals surface area contributed by atoms with E-state index in [2.05, 4.69) is 9.88 Å². The van der Waals surface area contributed by atoms with Crippen LogP contribution in [0.15, 0.2) is 24.3 Å².